The van der Waals surface area contributed by atoms with Crippen LogP contribution in [-0.2, 0) is 0 Å². The fourth-order valence-corrected chi connectivity index (χ4v) is 2.14. The normalized spacial score (nSPS) is 15.3. The number of rotatable bonds is 2. The second kappa shape index (κ2) is 4.25. The van der Waals surface area contributed by atoms with Crippen LogP contribution in [0.25, 0.3) is 11.4 Å². The molecule has 0 radical (unpaired) electrons. The summed E-state index contributed by atoms with van der Waals surface area (Å²) >= 11 is 0. The molecule has 0 aliphatic carbocycles. The number of nitrogens with one attached hydrogen (secondary N) is 1. The second-order valence-corrected chi connectivity index (χ2v) is 4.26. The molecule has 1 aliphatic rings. The molecular formula is C11H13FN6. The molecule has 0 aromatic carbocycles. The molecular weight excluding hydrogens is 235 g/mol. The lowest BCUT2D eigenvalue weighted by atomic mass is 10.3. The number of anilines is 2. The fraction of sp³-hybridized carbons (Fsp3) is 0.364. The third-order valence-corrected chi connectivity index (χ3v) is 3.01. The standard InChI is InChI=1S/C11H13FN6/c12-7-6-14-17-10(7)8-5-9(16-11(13)15-8)18-3-1-2-4-18/h5-6H,1-4H2,(H,14,17)(H2,13,15,16). The Morgan fingerprint density at radius 2 is 2.06 bits per heavy atom. The molecule has 3 N–H and O–H groups in total. The van der Waals surface area contributed by atoms with Crippen molar-refractivity contribution in [1.82, 2.24) is 20.2 Å². The highest BCUT2D eigenvalue weighted by Crippen LogP contribution is 2.25. The number of nitrogen functional groups attached to an aromatic ring is 1. The van der Waals surface area contributed by atoms with Gasteiger partial charge in [-0.25, -0.2) is 9.37 Å². The van der Waals surface area contributed by atoms with E-state index in [9.17, 15) is 4.39 Å². The second-order valence-electron chi connectivity index (χ2n) is 4.26. The van der Waals surface area contributed by atoms with E-state index < -0.39 is 5.82 Å². The van der Waals surface area contributed by atoms with Gasteiger partial charge in [-0.3, -0.25) is 5.10 Å². The molecule has 2 aromatic rings. The Kier molecular flexibility index (Phi) is 2.58. The summed E-state index contributed by atoms with van der Waals surface area (Å²) in [5.74, 6) is 0.438. The zero-order valence-electron chi connectivity index (χ0n) is 9.73. The summed E-state index contributed by atoms with van der Waals surface area (Å²) in [5.41, 5.74) is 6.35. The monoisotopic (exact) mass is 248 g/mol. The van der Waals surface area contributed by atoms with Crippen LogP contribution in [0.4, 0.5) is 16.2 Å². The number of aromatic nitrogens is 4. The summed E-state index contributed by atoms with van der Waals surface area (Å²) in [4.78, 5) is 10.3. The maximum atomic E-state index is 13.5. The third kappa shape index (κ3) is 1.87. The molecule has 3 heterocycles. The lowest BCUT2D eigenvalue weighted by Gasteiger charge is -2.16. The molecule has 1 fully saturated rings. The van der Waals surface area contributed by atoms with E-state index in [1.807, 2.05) is 0 Å². The van der Waals surface area contributed by atoms with Crippen molar-refractivity contribution in [1.29, 1.82) is 0 Å². The van der Waals surface area contributed by atoms with Gasteiger partial charge in [-0.1, -0.05) is 0 Å². The highest BCUT2D eigenvalue weighted by Gasteiger charge is 2.17. The molecule has 0 saturated carbocycles. The van der Waals surface area contributed by atoms with E-state index in [1.54, 1.807) is 6.07 Å². The summed E-state index contributed by atoms with van der Waals surface area (Å²) < 4.78 is 13.5. The van der Waals surface area contributed by atoms with Crippen LogP contribution in [0.5, 0.6) is 0 Å². The van der Waals surface area contributed by atoms with Gasteiger partial charge in [0.25, 0.3) is 0 Å². The van der Waals surface area contributed by atoms with E-state index in [1.165, 1.54) is 0 Å². The first kappa shape index (κ1) is 10.9. The lowest BCUT2D eigenvalue weighted by Crippen LogP contribution is -2.19. The van der Waals surface area contributed by atoms with Gasteiger partial charge in [0.1, 0.15) is 11.5 Å². The van der Waals surface area contributed by atoms with E-state index >= 15 is 0 Å². The lowest BCUT2D eigenvalue weighted by molar-refractivity contribution is 0.631. The van der Waals surface area contributed by atoms with E-state index in [-0.39, 0.29) is 11.6 Å². The minimum Gasteiger partial charge on any atom is -0.368 e. The summed E-state index contributed by atoms with van der Waals surface area (Å²) in [6, 6.07) is 1.73. The number of nitrogens with zero attached hydrogens (tertiary/aromatic N) is 4. The molecule has 1 saturated heterocycles. The van der Waals surface area contributed by atoms with E-state index in [4.69, 9.17) is 5.73 Å². The predicted molar refractivity (Wildman–Crippen MR) is 65.4 cm³/mol. The maximum absolute atomic E-state index is 13.5. The molecule has 2 aromatic heterocycles. The first-order chi connectivity index (χ1) is 8.74. The van der Waals surface area contributed by atoms with Crippen LogP contribution in [-0.4, -0.2) is 33.3 Å². The Morgan fingerprint density at radius 3 is 2.72 bits per heavy atom. The molecule has 94 valence electrons. The number of hydrogen-bond acceptors (Lipinski definition) is 5. The average molecular weight is 248 g/mol. The summed E-state index contributed by atoms with van der Waals surface area (Å²) in [6.07, 6.45) is 3.39. The first-order valence-electron chi connectivity index (χ1n) is 5.83. The van der Waals surface area contributed by atoms with Crippen molar-refractivity contribution in [2.75, 3.05) is 23.7 Å². The van der Waals surface area contributed by atoms with Crippen LogP contribution in [0.3, 0.4) is 0 Å². The van der Waals surface area contributed by atoms with Gasteiger partial charge in [0.2, 0.25) is 5.95 Å². The largest absolute Gasteiger partial charge is 0.368 e. The molecule has 1 aliphatic heterocycles. The van der Waals surface area contributed by atoms with Crippen molar-refractivity contribution in [2.45, 2.75) is 12.8 Å². The van der Waals surface area contributed by atoms with Gasteiger partial charge < -0.3 is 10.6 Å². The van der Waals surface area contributed by atoms with Gasteiger partial charge >= 0.3 is 0 Å². The molecule has 0 spiro atoms. The van der Waals surface area contributed by atoms with Crippen LogP contribution < -0.4 is 10.6 Å². The van der Waals surface area contributed by atoms with Gasteiger partial charge in [-0.2, -0.15) is 10.1 Å². The SMILES string of the molecule is Nc1nc(-c2[nH]ncc2F)cc(N2CCCC2)n1. The van der Waals surface area contributed by atoms with Crippen molar-refractivity contribution in [3.63, 3.8) is 0 Å². The number of halogens is 1. The summed E-state index contributed by atoms with van der Waals surface area (Å²) in [7, 11) is 0. The topological polar surface area (TPSA) is 83.7 Å². The quantitative estimate of drug-likeness (QED) is 0.834. The van der Waals surface area contributed by atoms with Gasteiger partial charge in [0, 0.05) is 19.2 Å². The fourth-order valence-electron chi connectivity index (χ4n) is 2.14. The van der Waals surface area contributed by atoms with Crippen LogP contribution in [0.1, 0.15) is 12.8 Å². The van der Waals surface area contributed by atoms with Crippen molar-refractivity contribution >= 4 is 11.8 Å². The summed E-state index contributed by atoms with van der Waals surface area (Å²) in [6.45, 7) is 1.89. The van der Waals surface area contributed by atoms with Gasteiger partial charge in [-0.15, -0.1) is 0 Å². The number of hydrogen-bond donors (Lipinski definition) is 2. The molecule has 3 rings (SSSR count). The van der Waals surface area contributed by atoms with E-state index in [0.717, 1.165) is 37.9 Å². The molecule has 6 nitrogen and oxygen atoms in total. The summed E-state index contributed by atoms with van der Waals surface area (Å²) in [5, 5.41) is 6.22. The van der Waals surface area contributed by atoms with Crippen molar-refractivity contribution in [3.8, 4) is 11.4 Å². The highest BCUT2D eigenvalue weighted by molar-refractivity contribution is 5.61. The number of nitrogens with two attached hydrogens (primary N) is 1. The van der Waals surface area contributed by atoms with Crippen LogP contribution in [0, 0.1) is 5.82 Å². The van der Waals surface area contributed by atoms with Crippen LogP contribution >= 0.6 is 0 Å². The van der Waals surface area contributed by atoms with E-state index in [0.29, 0.717) is 5.69 Å². The highest BCUT2D eigenvalue weighted by atomic mass is 19.1. The minimum atomic E-state index is -0.444. The maximum Gasteiger partial charge on any atom is 0.222 e. The molecule has 0 atom stereocenters. The Hall–Kier alpha value is -2.18. The van der Waals surface area contributed by atoms with Gasteiger partial charge in [-0.05, 0) is 12.8 Å². The molecule has 0 unspecified atom stereocenters. The smallest absolute Gasteiger partial charge is 0.222 e. The Morgan fingerprint density at radius 1 is 1.28 bits per heavy atom. The van der Waals surface area contributed by atoms with Crippen molar-refractivity contribution in [3.05, 3.63) is 18.1 Å². The van der Waals surface area contributed by atoms with Crippen LogP contribution in [0.2, 0.25) is 0 Å². The van der Waals surface area contributed by atoms with Crippen molar-refractivity contribution in [2.24, 2.45) is 0 Å². The first-order valence-corrected chi connectivity index (χ1v) is 5.83. The van der Waals surface area contributed by atoms with Crippen molar-refractivity contribution < 1.29 is 4.39 Å². The molecule has 0 amide bonds. The van der Waals surface area contributed by atoms with Gasteiger partial charge in [0.05, 0.1) is 11.9 Å². The predicted octanol–water partition coefficient (Wildman–Crippen LogP) is 1.19. The third-order valence-electron chi connectivity index (χ3n) is 3.01. The Labute approximate surface area is 103 Å². The van der Waals surface area contributed by atoms with Crippen LogP contribution in [0.15, 0.2) is 12.3 Å². The average Bonchev–Trinajstić information content (AvgIpc) is 2.98. The Balaban J connectivity index is 2.03. The molecule has 7 heteroatoms. The molecule has 0 bridgehead atoms. The zero-order valence-corrected chi connectivity index (χ0v) is 9.73. The van der Waals surface area contributed by atoms with E-state index in [2.05, 4.69) is 25.1 Å². The minimum absolute atomic E-state index is 0.142. The number of H-pyrrole nitrogens is 1. The zero-order chi connectivity index (χ0) is 12.5. The van der Waals surface area contributed by atoms with Gasteiger partial charge in [0.15, 0.2) is 5.82 Å². The number of aromatic amines is 1. The Bertz CT molecular complexity index is 560. The molecule has 18 heavy (non-hydrogen) atoms.